The molecule has 4 heterocycles. The maximum absolute atomic E-state index is 13.4. The molecule has 188 valence electrons. The normalized spacial score (nSPS) is 20.5. The molecule has 3 atom stereocenters. The number of piperidine rings is 1. The highest BCUT2D eigenvalue weighted by atomic mass is 32.1. The lowest BCUT2D eigenvalue weighted by atomic mass is 9.95. The molecule has 2 N–H and O–H groups in total. The van der Waals surface area contributed by atoms with Gasteiger partial charge >= 0.3 is 0 Å². The number of nitrogens with zero attached hydrogens (tertiary/aromatic N) is 5. The number of pyridine rings is 1. The molecule has 0 bridgehead atoms. The van der Waals surface area contributed by atoms with Gasteiger partial charge in [0.15, 0.2) is 5.82 Å². The standard InChI is InChI=1S/C27H25FN6O2S/c1-27(2,29)16-10-20(15-4-6-17(28)7-5-15)32-23(11-16)36-24-18-13-34(14-19(18)24)26(35)22-12-21(33-37-22)25-30-8-3-9-31-25/h3-12,18-19,24H,13-14,29H2,1-2H3/t18-,19+,24?. The van der Waals surface area contributed by atoms with Crippen molar-refractivity contribution < 1.29 is 13.9 Å². The van der Waals surface area contributed by atoms with Crippen molar-refractivity contribution in [2.24, 2.45) is 17.6 Å². The number of hydrogen-bond acceptors (Lipinski definition) is 8. The quantitative estimate of drug-likeness (QED) is 0.410. The lowest BCUT2D eigenvalue weighted by Crippen LogP contribution is -2.33. The van der Waals surface area contributed by atoms with Crippen LogP contribution in [0.2, 0.25) is 0 Å². The fourth-order valence-corrected chi connectivity index (χ4v) is 5.43. The number of likely N-dealkylation sites (tertiary alicyclic amines) is 1. The first-order valence-electron chi connectivity index (χ1n) is 12.0. The summed E-state index contributed by atoms with van der Waals surface area (Å²) in [6.45, 7) is 5.08. The molecule has 0 radical (unpaired) electrons. The molecule has 37 heavy (non-hydrogen) atoms. The van der Waals surface area contributed by atoms with E-state index in [0.717, 1.165) is 11.1 Å². The summed E-state index contributed by atoms with van der Waals surface area (Å²) in [4.78, 5) is 28.6. The van der Waals surface area contributed by atoms with Crippen molar-refractivity contribution in [2.45, 2.75) is 25.5 Å². The molecule has 1 aromatic carbocycles. The van der Waals surface area contributed by atoms with Gasteiger partial charge in [-0.25, -0.2) is 19.3 Å². The van der Waals surface area contributed by atoms with Gasteiger partial charge in [0.1, 0.15) is 22.5 Å². The zero-order valence-corrected chi connectivity index (χ0v) is 21.2. The molecular weight excluding hydrogens is 491 g/mol. The highest BCUT2D eigenvalue weighted by Crippen LogP contribution is 2.48. The highest BCUT2D eigenvalue weighted by Gasteiger charge is 2.59. The van der Waals surface area contributed by atoms with Crippen LogP contribution in [0.1, 0.15) is 29.1 Å². The van der Waals surface area contributed by atoms with Crippen LogP contribution in [0.25, 0.3) is 22.8 Å². The van der Waals surface area contributed by atoms with Crippen molar-refractivity contribution in [3.05, 3.63) is 77.2 Å². The van der Waals surface area contributed by atoms with Crippen molar-refractivity contribution in [2.75, 3.05) is 13.1 Å². The minimum atomic E-state index is -0.600. The third-order valence-corrected chi connectivity index (χ3v) is 7.64. The summed E-state index contributed by atoms with van der Waals surface area (Å²) in [5.74, 6) is 1.16. The van der Waals surface area contributed by atoms with Crippen LogP contribution >= 0.6 is 11.5 Å². The Morgan fingerprint density at radius 3 is 2.46 bits per heavy atom. The number of hydrogen-bond donors (Lipinski definition) is 1. The van der Waals surface area contributed by atoms with Gasteiger partial charge < -0.3 is 15.4 Å². The molecule has 3 aromatic heterocycles. The van der Waals surface area contributed by atoms with Crippen LogP contribution in [0.4, 0.5) is 4.39 Å². The van der Waals surface area contributed by atoms with Crippen LogP contribution < -0.4 is 10.5 Å². The van der Waals surface area contributed by atoms with Gasteiger partial charge in [-0.1, -0.05) is 0 Å². The number of amides is 1. The predicted molar refractivity (Wildman–Crippen MR) is 137 cm³/mol. The average Bonchev–Trinajstić information content (AvgIpc) is 3.27. The van der Waals surface area contributed by atoms with E-state index in [1.54, 1.807) is 36.7 Å². The van der Waals surface area contributed by atoms with Gasteiger partial charge in [0, 0.05) is 54.5 Å². The minimum absolute atomic E-state index is 0.0107. The van der Waals surface area contributed by atoms with E-state index in [4.69, 9.17) is 10.5 Å². The number of fused-ring (bicyclic) bond motifs is 1. The lowest BCUT2D eigenvalue weighted by Gasteiger charge is -2.22. The molecule has 6 rings (SSSR count). The molecule has 1 aliphatic heterocycles. The summed E-state index contributed by atoms with van der Waals surface area (Å²) in [5.41, 5.74) is 8.73. The van der Waals surface area contributed by atoms with E-state index in [2.05, 4.69) is 19.3 Å². The first-order valence-corrected chi connectivity index (χ1v) is 12.8. The Morgan fingerprint density at radius 2 is 1.78 bits per heavy atom. The van der Waals surface area contributed by atoms with Gasteiger partial charge in [-0.2, -0.15) is 4.37 Å². The lowest BCUT2D eigenvalue weighted by molar-refractivity contribution is 0.0756. The second-order valence-electron chi connectivity index (χ2n) is 10.1. The monoisotopic (exact) mass is 516 g/mol. The molecule has 10 heteroatoms. The number of rotatable bonds is 6. The van der Waals surface area contributed by atoms with E-state index >= 15 is 0 Å². The summed E-state index contributed by atoms with van der Waals surface area (Å²) in [6.07, 6.45) is 3.29. The Balaban J connectivity index is 1.14. The number of aromatic nitrogens is 4. The second kappa shape index (κ2) is 8.97. The molecule has 1 saturated heterocycles. The summed E-state index contributed by atoms with van der Waals surface area (Å²) in [7, 11) is 0. The minimum Gasteiger partial charge on any atom is -0.474 e. The van der Waals surface area contributed by atoms with Crippen LogP contribution in [-0.4, -0.2) is 49.3 Å². The summed E-state index contributed by atoms with van der Waals surface area (Å²) in [5, 5.41) is 0. The third kappa shape index (κ3) is 4.70. The van der Waals surface area contributed by atoms with Crippen molar-refractivity contribution in [1.29, 1.82) is 0 Å². The fourth-order valence-electron chi connectivity index (χ4n) is 4.73. The fraction of sp³-hybridized carbons (Fsp3) is 0.296. The average molecular weight is 517 g/mol. The maximum Gasteiger partial charge on any atom is 0.265 e. The van der Waals surface area contributed by atoms with Gasteiger partial charge in [0.25, 0.3) is 5.91 Å². The van der Waals surface area contributed by atoms with Crippen LogP contribution in [0, 0.1) is 17.7 Å². The van der Waals surface area contributed by atoms with Crippen LogP contribution in [0.15, 0.2) is 60.9 Å². The summed E-state index contributed by atoms with van der Waals surface area (Å²) >= 11 is 1.17. The Bertz CT molecular complexity index is 1440. The molecular formula is C27H25FN6O2S. The molecule has 2 aliphatic rings. The van der Waals surface area contributed by atoms with Crippen molar-refractivity contribution >= 4 is 17.4 Å². The van der Waals surface area contributed by atoms with Gasteiger partial charge in [-0.05, 0) is 73.4 Å². The Hall–Kier alpha value is -3.76. The number of benzene rings is 1. The van der Waals surface area contributed by atoms with Crippen molar-refractivity contribution in [3.63, 3.8) is 0 Å². The molecule has 0 spiro atoms. The largest absolute Gasteiger partial charge is 0.474 e. The highest BCUT2D eigenvalue weighted by molar-refractivity contribution is 7.08. The Kier molecular flexibility index (Phi) is 5.73. The second-order valence-corrected chi connectivity index (χ2v) is 10.9. The van der Waals surface area contributed by atoms with Gasteiger partial charge in [-0.15, -0.1) is 0 Å². The van der Waals surface area contributed by atoms with Crippen LogP contribution in [0.3, 0.4) is 0 Å². The van der Waals surface area contributed by atoms with E-state index in [1.165, 1.54) is 23.7 Å². The van der Waals surface area contributed by atoms with Gasteiger partial charge in [0.05, 0.1) is 5.69 Å². The molecule has 1 aliphatic carbocycles. The van der Waals surface area contributed by atoms with E-state index in [9.17, 15) is 9.18 Å². The summed E-state index contributed by atoms with van der Waals surface area (Å²) in [6, 6.07) is 13.5. The Labute approximate surface area is 217 Å². The third-order valence-electron chi connectivity index (χ3n) is 6.86. The molecule has 8 nitrogen and oxygen atoms in total. The number of ether oxygens (including phenoxy) is 1. The van der Waals surface area contributed by atoms with Crippen molar-refractivity contribution in [1.82, 2.24) is 24.2 Å². The molecule has 1 unspecified atom stereocenters. The molecule has 1 saturated carbocycles. The van der Waals surface area contributed by atoms with E-state index in [1.807, 2.05) is 30.9 Å². The predicted octanol–water partition coefficient (Wildman–Crippen LogP) is 4.14. The smallest absolute Gasteiger partial charge is 0.265 e. The van der Waals surface area contributed by atoms with Crippen LogP contribution in [-0.2, 0) is 5.54 Å². The van der Waals surface area contributed by atoms with Gasteiger partial charge in [0.2, 0.25) is 5.88 Å². The van der Waals surface area contributed by atoms with Crippen LogP contribution in [0.5, 0.6) is 5.88 Å². The van der Waals surface area contributed by atoms with E-state index < -0.39 is 5.54 Å². The maximum atomic E-state index is 13.4. The van der Waals surface area contributed by atoms with Gasteiger partial charge in [-0.3, -0.25) is 4.79 Å². The number of carbonyl (C=O) groups is 1. The molecule has 4 aromatic rings. The summed E-state index contributed by atoms with van der Waals surface area (Å²) < 4.78 is 24.1. The number of nitrogens with two attached hydrogens (primary N) is 1. The molecule has 1 amide bonds. The first kappa shape index (κ1) is 23.6. The number of carbonyl (C=O) groups excluding carboxylic acids is 1. The molecule has 2 fully saturated rings. The first-order chi connectivity index (χ1) is 17.8. The zero-order chi connectivity index (χ0) is 25.7. The SMILES string of the molecule is CC(C)(N)c1cc(OC2[C@H]3CN(C(=O)c4cc(-c5ncccn5)ns4)C[C@@H]23)nc(-c2ccc(F)cc2)c1. The zero-order valence-electron chi connectivity index (χ0n) is 20.3. The van der Waals surface area contributed by atoms with E-state index in [-0.39, 0.29) is 29.7 Å². The number of halogens is 1. The van der Waals surface area contributed by atoms with E-state index in [0.29, 0.717) is 41.1 Å². The Morgan fingerprint density at radius 1 is 1.08 bits per heavy atom. The van der Waals surface area contributed by atoms with Crippen molar-refractivity contribution in [3.8, 4) is 28.7 Å². The topological polar surface area (TPSA) is 107 Å².